The third-order valence-corrected chi connectivity index (χ3v) is 3.58. The van der Waals surface area contributed by atoms with Crippen molar-refractivity contribution in [1.29, 1.82) is 0 Å². The molecule has 3 nitrogen and oxygen atoms in total. The molecule has 110 valence electrons. The summed E-state index contributed by atoms with van der Waals surface area (Å²) in [7, 11) is 1.68. The minimum atomic E-state index is 0.630. The third-order valence-electron chi connectivity index (χ3n) is 3.58. The van der Waals surface area contributed by atoms with E-state index in [4.69, 9.17) is 4.74 Å². The number of nitrogens with zero attached hydrogens (tertiary/aromatic N) is 1. The zero-order valence-corrected chi connectivity index (χ0v) is 12.5. The number of para-hydroxylation sites is 1. The van der Waals surface area contributed by atoms with Crippen LogP contribution in [0.4, 0.5) is 0 Å². The van der Waals surface area contributed by atoms with Crippen LogP contribution in [0.1, 0.15) is 11.1 Å². The molecule has 0 aliphatic carbocycles. The molecule has 0 radical (unpaired) electrons. The van der Waals surface area contributed by atoms with Crippen molar-refractivity contribution in [2.75, 3.05) is 7.11 Å². The minimum absolute atomic E-state index is 0.630. The lowest BCUT2D eigenvalue weighted by atomic mass is 10.1. The van der Waals surface area contributed by atoms with Crippen molar-refractivity contribution in [2.24, 2.45) is 5.10 Å². The van der Waals surface area contributed by atoms with Crippen LogP contribution in [0, 0.1) is 0 Å². The lowest BCUT2D eigenvalue weighted by Gasteiger charge is -2.07. The normalized spacial score (nSPS) is 11.0. The molecule has 22 heavy (non-hydrogen) atoms. The number of rotatable bonds is 5. The molecular formula is C19H18N2O. The Morgan fingerprint density at radius 2 is 1.73 bits per heavy atom. The first-order chi connectivity index (χ1) is 10.9. The standard InChI is InChI=1S/C19H18N2O/c1-22-19-12-5-3-8-17(19)14-21-20-13-16-10-6-9-15-7-2-4-11-18(15)16/h2-13,21H,14H2,1H3/b20-13-. The molecule has 3 aromatic carbocycles. The fourth-order valence-electron chi connectivity index (χ4n) is 2.46. The molecule has 0 aliphatic heterocycles. The van der Waals surface area contributed by atoms with Crippen LogP contribution < -0.4 is 10.2 Å². The van der Waals surface area contributed by atoms with Crippen LogP contribution in [0.5, 0.6) is 5.75 Å². The molecule has 0 fully saturated rings. The van der Waals surface area contributed by atoms with Crippen molar-refractivity contribution in [3.8, 4) is 5.75 Å². The number of hydrogen-bond acceptors (Lipinski definition) is 3. The van der Waals surface area contributed by atoms with Gasteiger partial charge in [0.15, 0.2) is 0 Å². The number of ether oxygens (including phenoxy) is 1. The molecule has 3 heteroatoms. The van der Waals surface area contributed by atoms with Crippen LogP contribution in [0.3, 0.4) is 0 Å². The van der Waals surface area contributed by atoms with Gasteiger partial charge in [0, 0.05) is 11.1 Å². The minimum Gasteiger partial charge on any atom is -0.496 e. The van der Waals surface area contributed by atoms with Crippen LogP contribution >= 0.6 is 0 Å². The van der Waals surface area contributed by atoms with Gasteiger partial charge in [-0.1, -0.05) is 60.7 Å². The maximum atomic E-state index is 5.33. The summed E-state index contributed by atoms with van der Waals surface area (Å²) in [5.74, 6) is 0.871. The van der Waals surface area contributed by atoms with Crippen molar-refractivity contribution >= 4 is 17.0 Å². The summed E-state index contributed by atoms with van der Waals surface area (Å²) in [5.41, 5.74) is 5.26. The second kappa shape index (κ2) is 6.76. The van der Waals surface area contributed by atoms with Gasteiger partial charge >= 0.3 is 0 Å². The quantitative estimate of drug-likeness (QED) is 0.570. The largest absolute Gasteiger partial charge is 0.496 e. The highest BCUT2D eigenvalue weighted by molar-refractivity contribution is 5.99. The highest BCUT2D eigenvalue weighted by atomic mass is 16.5. The molecule has 0 aromatic heterocycles. The Balaban J connectivity index is 1.72. The highest BCUT2D eigenvalue weighted by Gasteiger charge is 2.00. The predicted octanol–water partition coefficient (Wildman–Crippen LogP) is 3.97. The van der Waals surface area contributed by atoms with E-state index in [1.54, 1.807) is 7.11 Å². The molecule has 0 amide bonds. The fraction of sp³-hybridized carbons (Fsp3) is 0.105. The summed E-state index contributed by atoms with van der Waals surface area (Å²) in [5, 5.41) is 6.75. The summed E-state index contributed by atoms with van der Waals surface area (Å²) in [6.07, 6.45) is 1.86. The van der Waals surface area contributed by atoms with E-state index in [0.717, 1.165) is 16.9 Å². The van der Waals surface area contributed by atoms with Crippen molar-refractivity contribution in [3.05, 3.63) is 77.9 Å². The molecule has 0 saturated heterocycles. The van der Waals surface area contributed by atoms with Gasteiger partial charge in [-0.25, -0.2) is 0 Å². The molecular weight excluding hydrogens is 272 g/mol. The average Bonchev–Trinajstić information content (AvgIpc) is 2.59. The Morgan fingerprint density at radius 1 is 0.955 bits per heavy atom. The van der Waals surface area contributed by atoms with Gasteiger partial charge in [-0.05, 0) is 16.8 Å². The van der Waals surface area contributed by atoms with Crippen LogP contribution in [-0.2, 0) is 6.54 Å². The molecule has 0 spiro atoms. The number of hydrogen-bond donors (Lipinski definition) is 1. The second-order valence-electron chi connectivity index (χ2n) is 4.97. The first-order valence-corrected chi connectivity index (χ1v) is 7.24. The van der Waals surface area contributed by atoms with Gasteiger partial charge in [-0.3, -0.25) is 0 Å². The Bertz CT molecular complexity index is 791. The molecule has 0 unspecified atom stereocenters. The van der Waals surface area contributed by atoms with Gasteiger partial charge < -0.3 is 10.2 Å². The molecule has 1 N–H and O–H groups in total. The van der Waals surface area contributed by atoms with Crippen LogP contribution in [0.15, 0.2) is 71.8 Å². The van der Waals surface area contributed by atoms with Gasteiger partial charge in [-0.15, -0.1) is 0 Å². The summed E-state index contributed by atoms with van der Waals surface area (Å²) in [6.45, 7) is 0.630. The topological polar surface area (TPSA) is 33.6 Å². The summed E-state index contributed by atoms with van der Waals surface area (Å²) in [4.78, 5) is 0. The lowest BCUT2D eigenvalue weighted by Crippen LogP contribution is -2.06. The van der Waals surface area contributed by atoms with E-state index in [-0.39, 0.29) is 0 Å². The number of benzene rings is 3. The van der Waals surface area contributed by atoms with Gasteiger partial charge in [0.25, 0.3) is 0 Å². The molecule has 0 saturated carbocycles. The van der Waals surface area contributed by atoms with Crippen molar-refractivity contribution in [2.45, 2.75) is 6.54 Å². The van der Waals surface area contributed by atoms with Gasteiger partial charge in [-0.2, -0.15) is 5.10 Å². The first kappa shape index (κ1) is 14.1. The zero-order valence-electron chi connectivity index (χ0n) is 12.5. The van der Waals surface area contributed by atoms with E-state index < -0.39 is 0 Å². The molecule has 0 bridgehead atoms. The van der Waals surface area contributed by atoms with Crippen molar-refractivity contribution in [3.63, 3.8) is 0 Å². The van der Waals surface area contributed by atoms with Crippen LogP contribution in [0.25, 0.3) is 10.8 Å². The molecule has 0 heterocycles. The maximum Gasteiger partial charge on any atom is 0.123 e. The highest BCUT2D eigenvalue weighted by Crippen LogP contribution is 2.18. The third kappa shape index (κ3) is 3.09. The smallest absolute Gasteiger partial charge is 0.123 e. The maximum absolute atomic E-state index is 5.33. The van der Waals surface area contributed by atoms with E-state index in [1.165, 1.54) is 10.8 Å². The Labute approximate surface area is 130 Å². The average molecular weight is 290 g/mol. The molecule has 3 rings (SSSR count). The van der Waals surface area contributed by atoms with E-state index in [2.05, 4.69) is 34.8 Å². The monoisotopic (exact) mass is 290 g/mol. The van der Waals surface area contributed by atoms with E-state index in [9.17, 15) is 0 Å². The summed E-state index contributed by atoms with van der Waals surface area (Å²) < 4.78 is 5.33. The van der Waals surface area contributed by atoms with E-state index in [0.29, 0.717) is 6.54 Å². The fourth-order valence-corrected chi connectivity index (χ4v) is 2.46. The Hall–Kier alpha value is -2.81. The molecule has 0 atom stereocenters. The Morgan fingerprint density at radius 3 is 2.64 bits per heavy atom. The van der Waals surface area contributed by atoms with Crippen LogP contribution in [0.2, 0.25) is 0 Å². The second-order valence-corrected chi connectivity index (χ2v) is 4.97. The number of nitrogens with one attached hydrogen (secondary N) is 1. The SMILES string of the molecule is COc1ccccc1CN/N=C\c1cccc2ccccc12. The van der Waals surface area contributed by atoms with Crippen LogP contribution in [-0.4, -0.2) is 13.3 Å². The van der Waals surface area contributed by atoms with E-state index in [1.807, 2.05) is 48.7 Å². The number of methoxy groups -OCH3 is 1. The van der Waals surface area contributed by atoms with Gasteiger partial charge in [0.1, 0.15) is 5.75 Å². The summed E-state index contributed by atoms with van der Waals surface area (Å²) in [6, 6.07) is 22.5. The molecule has 3 aromatic rings. The van der Waals surface area contributed by atoms with Crippen molar-refractivity contribution in [1.82, 2.24) is 5.43 Å². The van der Waals surface area contributed by atoms with Gasteiger partial charge in [0.05, 0.1) is 19.9 Å². The van der Waals surface area contributed by atoms with E-state index >= 15 is 0 Å². The number of hydrazone groups is 1. The Kier molecular flexibility index (Phi) is 4.35. The summed E-state index contributed by atoms with van der Waals surface area (Å²) >= 11 is 0. The van der Waals surface area contributed by atoms with Gasteiger partial charge in [0.2, 0.25) is 0 Å². The lowest BCUT2D eigenvalue weighted by molar-refractivity contribution is 0.408. The first-order valence-electron chi connectivity index (χ1n) is 7.24. The number of fused-ring (bicyclic) bond motifs is 1. The zero-order chi connectivity index (χ0) is 15.2. The van der Waals surface area contributed by atoms with Crippen molar-refractivity contribution < 1.29 is 4.74 Å². The predicted molar refractivity (Wildman–Crippen MR) is 91.4 cm³/mol. The molecule has 0 aliphatic rings.